The fourth-order valence-corrected chi connectivity index (χ4v) is 4.38. The highest BCUT2D eigenvalue weighted by Gasteiger charge is 2.52. The van der Waals surface area contributed by atoms with Crippen LogP contribution >= 0.6 is 0 Å². The van der Waals surface area contributed by atoms with E-state index in [1.54, 1.807) is 7.11 Å². The fourth-order valence-electron chi connectivity index (χ4n) is 4.38. The molecule has 1 saturated heterocycles. The normalized spacial score (nSPS) is 16.5. The number of methoxy groups -OCH3 is 1. The summed E-state index contributed by atoms with van der Waals surface area (Å²) in [5, 5.41) is 14.7. The van der Waals surface area contributed by atoms with Crippen molar-refractivity contribution >= 4 is 28.8 Å². The maximum atomic E-state index is 13.1. The molecule has 2 fully saturated rings. The number of aromatic nitrogens is 2. The van der Waals surface area contributed by atoms with Crippen LogP contribution in [-0.2, 0) is 10.2 Å². The van der Waals surface area contributed by atoms with Gasteiger partial charge in [-0.15, -0.1) is 5.10 Å². The van der Waals surface area contributed by atoms with Gasteiger partial charge in [0.25, 0.3) is 0 Å². The lowest BCUT2D eigenvalue weighted by Gasteiger charge is -2.19. The van der Waals surface area contributed by atoms with Crippen LogP contribution in [0.5, 0.6) is 5.75 Å². The Kier molecular flexibility index (Phi) is 5.39. The number of carbonyl (C=O) groups excluding carboxylic acids is 1. The number of para-hydroxylation sites is 1. The molecule has 1 aliphatic heterocycles. The van der Waals surface area contributed by atoms with Crippen molar-refractivity contribution in [2.45, 2.75) is 31.1 Å². The van der Waals surface area contributed by atoms with Crippen molar-refractivity contribution in [2.75, 3.05) is 35.7 Å². The zero-order valence-corrected chi connectivity index (χ0v) is 18.2. The van der Waals surface area contributed by atoms with Crippen LogP contribution in [0.1, 0.15) is 31.2 Å². The van der Waals surface area contributed by atoms with Gasteiger partial charge in [-0.25, -0.2) is 0 Å². The molecule has 2 aliphatic rings. The first-order valence-corrected chi connectivity index (χ1v) is 11.1. The molecular weight excluding hydrogens is 402 g/mol. The van der Waals surface area contributed by atoms with Gasteiger partial charge in [-0.3, -0.25) is 4.79 Å². The number of ether oxygens (including phenoxy) is 1. The summed E-state index contributed by atoms with van der Waals surface area (Å²) in [5.74, 6) is 1.48. The SMILES string of the molecule is COc1ccccc1C1(C(=O)Nc2ccc(Nc3cc(N4CCCC4)cnn3)cc2)CC1. The van der Waals surface area contributed by atoms with E-state index in [-0.39, 0.29) is 5.91 Å². The molecule has 0 bridgehead atoms. The highest BCUT2D eigenvalue weighted by Crippen LogP contribution is 2.52. The third-order valence-electron chi connectivity index (χ3n) is 6.33. The molecule has 2 N–H and O–H groups in total. The van der Waals surface area contributed by atoms with Crippen LogP contribution in [0.25, 0.3) is 0 Å². The molecule has 2 aromatic carbocycles. The van der Waals surface area contributed by atoms with Crippen LogP contribution in [0.15, 0.2) is 60.8 Å². The topological polar surface area (TPSA) is 79.4 Å². The molecule has 3 aromatic rings. The number of carbonyl (C=O) groups is 1. The summed E-state index contributed by atoms with van der Waals surface area (Å²) in [7, 11) is 1.64. The summed E-state index contributed by atoms with van der Waals surface area (Å²) in [5.41, 5.74) is 3.19. The maximum absolute atomic E-state index is 13.1. The van der Waals surface area contributed by atoms with Gasteiger partial charge in [-0.05, 0) is 56.0 Å². The lowest BCUT2D eigenvalue weighted by atomic mass is 9.94. The summed E-state index contributed by atoms with van der Waals surface area (Å²) in [6.45, 7) is 2.13. The van der Waals surface area contributed by atoms with E-state index in [0.717, 1.165) is 54.3 Å². The van der Waals surface area contributed by atoms with Crippen LogP contribution in [-0.4, -0.2) is 36.3 Å². The molecule has 0 spiro atoms. The number of amides is 1. The van der Waals surface area contributed by atoms with Crippen molar-refractivity contribution in [2.24, 2.45) is 0 Å². The number of nitrogens with zero attached hydrogens (tertiary/aromatic N) is 3. The average molecular weight is 430 g/mol. The van der Waals surface area contributed by atoms with E-state index in [0.29, 0.717) is 5.82 Å². The zero-order chi connectivity index (χ0) is 22.0. The van der Waals surface area contributed by atoms with Crippen molar-refractivity contribution in [1.29, 1.82) is 0 Å². The molecule has 164 valence electrons. The van der Waals surface area contributed by atoms with E-state index in [2.05, 4.69) is 25.7 Å². The summed E-state index contributed by atoms with van der Waals surface area (Å²) < 4.78 is 5.48. The van der Waals surface area contributed by atoms with Gasteiger partial charge in [0.05, 0.1) is 24.4 Å². The lowest BCUT2D eigenvalue weighted by Crippen LogP contribution is -2.28. The minimum atomic E-state index is -0.505. The Morgan fingerprint density at radius 1 is 1.03 bits per heavy atom. The van der Waals surface area contributed by atoms with E-state index in [1.807, 2.05) is 60.8 Å². The van der Waals surface area contributed by atoms with E-state index in [1.165, 1.54) is 12.8 Å². The first-order chi connectivity index (χ1) is 15.7. The molecule has 5 rings (SSSR count). The van der Waals surface area contributed by atoms with Gasteiger partial charge in [0, 0.05) is 36.1 Å². The van der Waals surface area contributed by atoms with Crippen molar-refractivity contribution in [3.05, 3.63) is 66.4 Å². The van der Waals surface area contributed by atoms with Crippen LogP contribution in [0.3, 0.4) is 0 Å². The predicted molar refractivity (Wildman–Crippen MR) is 126 cm³/mol. The number of rotatable bonds is 7. The molecule has 1 amide bonds. The molecule has 0 radical (unpaired) electrons. The molecule has 1 saturated carbocycles. The second kappa shape index (κ2) is 8.49. The van der Waals surface area contributed by atoms with E-state index < -0.39 is 5.41 Å². The Bertz CT molecular complexity index is 1110. The van der Waals surface area contributed by atoms with Crippen LogP contribution in [0.4, 0.5) is 22.9 Å². The van der Waals surface area contributed by atoms with Gasteiger partial charge in [-0.1, -0.05) is 18.2 Å². The number of nitrogens with one attached hydrogen (secondary N) is 2. The molecule has 1 aliphatic carbocycles. The van der Waals surface area contributed by atoms with E-state index in [9.17, 15) is 4.79 Å². The third-order valence-corrected chi connectivity index (χ3v) is 6.33. The molecule has 0 unspecified atom stereocenters. The van der Waals surface area contributed by atoms with Crippen molar-refractivity contribution in [3.63, 3.8) is 0 Å². The quantitative estimate of drug-likeness (QED) is 0.576. The highest BCUT2D eigenvalue weighted by atomic mass is 16.5. The van der Waals surface area contributed by atoms with Crippen LogP contribution < -0.4 is 20.3 Å². The number of hydrogen-bond donors (Lipinski definition) is 2. The van der Waals surface area contributed by atoms with Crippen LogP contribution in [0.2, 0.25) is 0 Å². The molecule has 1 aromatic heterocycles. The monoisotopic (exact) mass is 429 g/mol. The van der Waals surface area contributed by atoms with E-state index in [4.69, 9.17) is 4.74 Å². The predicted octanol–water partition coefficient (Wildman–Crippen LogP) is 4.50. The number of hydrogen-bond acceptors (Lipinski definition) is 6. The van der Waals surface area contributed by atoms with Crippen molar-refractivity contribution < 1.29 is 9.53 Å². The molecule has 0 atom stereocenters. The molecule has 2 heterocycles. The smallest absolute Gasteiger partial charge is 0.235 e. The third kappa shape index (κ3) is 3.98. The van der Waals surface area contributed by atoms with Gasteiger partial charge in [0.15, 0.2) is 5.82 Å². The Morgan fingerprint density at radius 3 is 2.47 bits per heavy atom. The maximum Gasteiger partial charge on any atom is 0.235 e. The molecule has 7 heteroatoms. The Hall–Kier alpha value is -3.61. The second-order valence-corrected chi connectivity index (χ2v) is 8.43. The lowest BCUT2D eigenvalue weighted by molar-refractivity contribution is -0.118. The summed E-state index contributed by atoms with van der Waals surface area (Å²) in [6.07, 6.45) is 5.90. The minimum Gasteiger partial charge on any atom is -0.496 e. The largest absolute Gasteiger partial charge is 0.496 e. The first kappa shape index (κ1) is 20.3. The molecule has 32 heavy (non-hydrogen) atoms. The molecular formula is C25H27N5O2. The summed E-state index contributed by atoms with van der Waals surface area (Å²) >= 11 is 0. The van der Waals surface area contributed by atoms with E-state index >= 15 is 0 Å². The zero-order valence-electron chi connectivity index (χ0n) is 18.2. The van der Waals surface area contributed by atoms with Gasteiger partial charge >= 0.3 is 0 Å². The standard InChI is InChI=1S/C25H27N5O2/c1-32-22-7-3-2-6-21(22)25(12-13-25)24(31)28-19-10-8-18(9-11-19)27-23-16-20(17-26-29-23)30-14-4-5-15-30/h2-3,6-11,16-17H,4-5,12-15H2,1H3,(H,27,29)(H,28,31). The first-order valence-electron chi connectivity index (χ1n) is 11.1. The Balaban J connectivity index is 1.25. The Morgan fingerprint density at radius 2 is 1.75 bits per heavy atom. The Labute approximate surface area is 187 Å². The van der Waals surface area contributed by atoms with Crippen molar-refractivity contribution in [3.8, 4) is 5.75 Å². The van der Waals surface area contributed by atoms with Crippen molar-refractivity contribution in [1.82, 2.24) is 10.2 Å². The molecule has 7 nitrogen and oxygen atoms in total. The number of anilines is 4. The van der Waals surface area contributed by atoms with Gasteiger partial charge < -0.3 is 20.3 Å². The van der Waals surface area contributed by atoms with Gasteiger partial charge in [0.2, 0.25) is 5.91 Å². The minimum absolute atomic E-state index is 0.00638. The highest BCUT2D eigenvalue weighted by molar-refractivity contribution is 6.02. The summed E-state index contributed by atoms with van der Waals surface area (Å²) in [4.78, 5) is 15.4. The number of benzene rings is 2. The van der Waals surface area contributed by atoms with Crippen LogP contribution in [0, 0.1) is 0 Å². The fraction of sp³-hybridized carbons (Fsp3) is 0.320. The van der Waals surface area contributed by atoms with Gasteiger partial charge in [0.1, 0.15) is 5.75 Å². The second-order valence-electron chi connectivity index (χ2n) is 8.43. The average Bonchev–Trinajstić information content (AvgIpc) is 3.46. The van der Waals surface area contributed by atoms with Gasteiger partial charge in [-0.2, -0.15) is 5.10 Å². The summed E-state index contributed by atoms with van der Waals surface area (Å²) in [6, 6.07) is 17.5.